The molecule has 0 atom stereocenters. The number of nitrogens with one attached hydrogen (secondary N) is 1. The lowest BCUT2D eigenvalue weighted by atomic mass is 10.1. The number of benzene rings is 2. The second-order valence-electron chi connectivity index (χ2n) is 6.02. The van der Waals surface area contributed by atoms with Gasteiger partial charge in [-0.15, -0.1) is 0 Å². The molecular formula is C19H17FN4O5S. The largest absolute Gasteiger partial charge is 0.495 e. The fraction of sp³-hybridized carbons (Fsp3) is 0.158. The number of anilines is 1. The van der Waals surface area contributed by atoms with Gasteiger partial charge in [-0.2, -0.15) is 5.10 Å². The minimum atomic E-state index is -4.28. The summed E-state index contributed by atoms with van der Waals surface area (Å²) in [7, 11) is -1.66. The van der Waals surface area contributed by atoms with E-state index in [-0.39, 0.29) is 38.7 Å². The fourth-order valence-electron chi connectivity index (χ4n) is 2.84. The first kappa shape index (κ1) is 17.3. The predicted octanol–water partition coefficient (Wildman–Crippen LogP) is 3.03. The molecule has 156 valence electrons. The molecule has 0 amide bonds. The maximum atomic E-state index is 14.9. The van der Waals surface area contributed by atoms with Crippen molar-refractivity contribution < 1.29 is 29.5 Å². The van der Waals surface area contributed by atoms with Crippen molar-refractivity contribution >= 4 is 26.8 Å². The Kier molecular flexibility index (Phi) is 4.42. The lowest BCUT2D eigenvalue weighted by molar-refractivity contribution is 0.373. The topological polar surface area (TPSA) is 108 Å². The van der Waals surface area contributed by atoms with Crippen molar-refractivity contribution in [3.8, 4) is 11.5 Å². The number of halogens is 1. The van der Waals surface area contributed by atoms with Crippen LogP contribution in [0.25, 0.3) is 11.0 Å². The Labute approximate surface area is 173 Å². The van der Waals surface area contributed by atoms with Crippen molar-refractivity contribution in [2.24, 2.45) is 0 Å². The van der Waals surface area contributed by atoms with Crippen LogP contribution in [0.5, 0.6) is 11.5 Å². The van der Waals surface area contributed by atoms with Gasteiger partial charge in [-0.1, -0.05) is 11.2 Å². The minimum absolute atomic E-state index is 0.0000416. The summed E-state index contributed by atoms with van der Waals surface area (Å²) in [6, 6.07) is 8.01. The fourth-order valence-corrected chi connectivity index (χ4v) is 4.17. The van der Waals surface area contributed by atoms with Crippen molar-refractivity contribution in [1.82, 2.24) is 14.9 Å². The highest BCUT2D eigenvalue weighted by Crippen LogP contribution is 2.35. The highest BCUT2D eigenvalue weighted by molar-refractivity contribution is 7.93. The molecule has 0 saturated heterocycles. The van der Waals surface area contributed by atoms with E-state index in [1.54, 1.807) is 6.07 Å². The van der Waals surface area contributed by atoms with Crippen LogP contribution in [0.3, 0.4) is 0 Å². The third-order valence-electron chi connectivity index (χ3n) is 4.18. The Morgan fingerprint density at radius 3 is 2.60 bits per heavy atom. The van der Waals surface area contributed by atoms with Gasteiger partial charge in [-0.25, -0.2) is 12.8 Å². The van der Waals surface area contributed by atoms with E-state index in [1.807, 2.05) is 0 Å². The normalized spacial score (nSPS) is 13.0. The highest BCUT2D eigenvalue weighted by atomic mass is 32.2. The standard InChI is InChI=1S/C19H17FN4O5S/c1-27-15-5-3-6-16(28-2)18(15)30(25,26)23-19-13-10-14(20)12(9-17(13)29-22-19)11-24-8-4-7-21-24/h3-10H,11H2,1-2H3,(H,22,23)/i11D2. The number of hydrogen-bond acceptors (Lipinski definition) is 7. The van der Waals surface area contributed by atoms with Crippen LogP contribution in [-0.4, -0.2) is 37.6 Å². The molecule has 2 aromatic carbocycles. The molecule has 4 aromatic rings. The molecule has 2 aromatic heterocycles. The summed E-state index contributed by atoms with van der Waals surface area (Å²) in [5, 5.41) is 7.50. The lowest BCUT2D eigenvalue weighted by Crippen LogP contribution is -2.15. The summed E-state index contributed by atoms with van der Waals surface area (Å²) >= 11 is 0. The zero-order valence-corrected chi connectivity index (χ0v) is 16.6. The van der Waals surface area contributed by atoms with Gasteiger partial charge in [0.15, 0.2) is 16.3 Å². The number of rotatable bonds is 7. The number of sulfonamides is 1. The van der Waals surface area contributed by atoms with Crippen LogP contribution < -0.4 is 14.2 Å². The number of fused-ring (bicyclic) bond motifs is 1. The molecule has 0 fully saturated rings. The molecule has 0 bridgehead atoms. The van der Waals surface area contributed by atoms with Crippen LogP contribution >= 0.6 is 0 Å². The molecule has 0 aliphatic heterocycles. The van der Waals surface area contributed by atoms with Gasteiger partial charge in [0, 0.05) is 18.0 Å². The van der Waals surface area contributed by atoms with Gasteiger partial charge >= 0.3 is 0 Å². The van der Waals surface area contributed by atoms with Crippen molar-refractivity contribution in [2.75, 3.05) is 18.9 Å². The molecule has 2 heterocycles. The van der Waals surface area contributed by atoms with E-state index in [4.69, 9.17) is 16.7 Å². The average molecular weight is 434 g/mol. The molecule has 0 aliphatic carbocycles. The third kappa shape index (κ3) is 3.54. The second kappa shape index (κ2) is 7.67. The smallest absolute Gasteiger partial charge is 0.270 e. The van der Waals surface area contributed by atoms with Crippen LogP contribution in [0.15, 0.2) is 58.2 Å². The van der Waals surface area contributed by atoms with Crippen LogP contribution in [0.2, 0.25) is 0 Å². The Bertz CT molecular complexity index is 1370. The Morgan fingerprint density at radius 2 is 1.97 bits per heavy atom. The van der Waals surface area contributed by atoms with E-state index in [1.165, 1.54) is 44.8 Å². The molecule has 0 radical (unpaired) electrons. The van der Waals surface area contributed by atoms with E-state index < -0.39 is 22.3 Å². The third-order valence-corrected chi connectivity index (χ3v) is 5.58. The highest BCUT2D eigenvalue weighted by Gasteiger charge is 2.27. The minimum Gasteiger partial charge on any atom is -0.495 e. The monoisotopic (exact) mass is 434 g/mol. The molecule has 0 spiro atoms. The Balaban J connectivity index is 1.77. The maximum absolute atomic E-state index is 14.9. The number of nitrogens with zero attached hydrogens (tertiary/aromatic N) is 3. The Morgan fingerprint density at radius 1 is 1.23 bits per heavy atom. The molecule has 4 rings (SSSR count). The van der Waals surface area contributed by atoms with Gasteiger partial charge < -0.3 is 14.0 Å². The first-order valence-electron chi connectivity index (χ1n) is 9.52. The van der Waals surface area contributed by atoms with Gasteiger partial charge in [0.2, 0.25) is 0 Å². The molecule has 0 aliphatic rings. The van der Waals surface area contributed by atoms with E-state index in [2.05, 4.69) is 15.0 Å². The van der Waals surface area contributed by atoms with Gasteiger partial charge in [-0.05, 0) is 30.3 Å². The molecule has 0 unspecified atom stereocenters. The molecule has 11 heteroatoms. The summed E-state index contributed by atoms with van der Waals surface area (Å²) in [5.41, 5.74) is -0.382. The molecular weight excluding hydrogens is 415 g/mol. The van der Waals surface area contributed by atoms with E-state index in [9.17, 15) is 12.8 Å². The van der Waals surface area contributed by atoms with Gasteiger partial charge in [0.1, 0.15) is 17.3 Å². The SMILES string of the molecule is [2H]C([2H])(c1cc2onc(NS(=O)(=O)c3c(OC)cccc3OC)c2cc1F)n1cccn1. The second-order valence-corrected chi connectivity index (χ2v) is 7.64. The van der Waals surface area contributed by atoms with Crippen molar-refractivity contribution in [3.05, 3.63) is 60.2 Å². The average Bonchev–Trinajstić information content (AvgIpc) is 3.43. The van der Waals surface area contributed by atoms with Crippen LogP contribution in [0.1, 0.15) is 8.30 Å². The summed E-state index contributed by atoms with van der Waals surface area (Å²) in [6.07, 6.45) is 2.71. The summed E-state index contributed by atoms with van der Waals surface area (Å²) in [6.45, 7) is -2.32. The Hall–Kier alpha value is -3.60. The quantitative estimate of drug-likeness (QED) is 0.476. The number of ether oxygens (including phenoxy) is 2. The van der Waals surface area contributed by atoms with E-state index in [0.717, 1.165) is 16.8 Å². The summed E-state index contributed by atoms with van der Waals surface area (Å²) in [5.74, 6) is -1.15. The summed E-state index contributed by atoms with van der Waals surface area (Å²) in [4.78, 5) is -0.270. The molecule has 9 nitrogen and oxygen atoms in total. The lowest BCUT2D eigenvalue weighted by Gasteiger charge is -2.13. The van der Waals surface area contributed by atoms with Crippen LogP contribution in [0, 0.1) is 5.82 Å². The van der Waals surface area contributed by atoms with Crippen molar-refractivity contribution in [3.63, 3.8) is 0 Å². The molecule has 30 heavy (non-hydrogen) atoms. The van der Waals surface area contributed by atoms with Gasteiger partial charge in [0.05, 0.1) is 28.8 Å². The van der Waals surface area contributed by atoms with Crippen molar-refractivity contribution in [1.29, 1.82) is 0 Å². The molecule has 0 saturated carbocycles. The molecule has 1 N–H and O–H groups in total. The summed E-state index contributed by atoms with van der Waals surface area (Å²) < 4.78 is 76.1. The van der Waals surface area contributed by atoms with Gasteiger partial charge in [-0.3, -0.25) is 9.40 Å². The first-order chi connectivity index (χ1) is 15.2. The van der Waals surface area contributed by atoms with Crippen LogP contribution in [0.4, 0.5) is 10.2 Å². The zero-order chi connectivity index (χ0) is 23.1. The van der Waals surface area contributed by atoms with Gasteiger partial charge in [0.25, 0.3) is 10.0 Å². The van der Waals surface area contributed by atoms with E-state index in [0.29, 0.717) is 0 Å². The number of hydrogen-bond donors (Lipinski definition) is 1. The van der Waals surface area contributed by atoms with Crippen LogP contribution in [-0.2, 0) is 16.5 Å². The predicted molar refractivity (Wildman–Crippen MR) is 106 cm³/mol. The number of methoxy groups -OCH3 is 2. The first-order valence-corrected chi connectivity index (χ1v) is 10.0. The zero-order valence-electron chi connectivity index (χ0n) is 17.8. The van der Waals surface area contributed by atoms with E-state index >= 15 is 0 Å². The van der Waals surface area contributed by atoms with Crippen molar-refractivity contribution in [2.45, 2.75) is 11.4 Å². The maximum Gasteiger partial charge on any atom is 0.270 e. The number of aromatic nitrogens is 3.